The molecule has 150 heavy (non-hydrogen) atoms. The molecule has 5 saturated heterocycles. The van der Waals surface area contributed by atoms with Crippen LogP contribution in [-0.4, -0.2) is 418 Å². The molecule has 834 valence electrons. The second-order valence-electron chi connectivity index (χ2n) is 37.6. The molecule has 0 bridgehead atoms. The molecule has 0 spiro atoms. The first kappa shape index (κ1) is 123. The molecule has 18 amide bonds. The van der Waals surface area contributed by atoms with Gasteiger partial charge in [0.25, 0.3) is 0 Å². The van der Waals surface area contributed by atoms with Gasteiger partial charge in [0.2, 0.25) is 106 Å². The number of nitrogens with zero attached hydrogens (tertiary/aromatic N) is 4. The fourth-order valence-electron chi connectivity index (χ4n) is 17.6. The zero-order chi connectivity index (χ0) is 111. The van der Waals surface area contributed by atoms with E-state index in [-0.39, 0.29) is 108 Å². The number of hydrogen-bond donors (Lipinski definition) is 28. The molecule has 0 aliphatic carbocycles. The molecule has 7 rings (SSSR count). The lowest BCUT2D eigenvalue weighted by Gasteiger charge is -2.48. The normalized spacial score (nSPS) is 23.0. The van der Waals surface area contributed by atoms with Crippen LogP contribution < -0.4 is 90.8 Å². The maximum absolute atomic E-state index is 15.3. The van der Waals surface area contributed by atoms with Gasteiger partial charge in [-0.05, 0) is 117 Å². The van der Waals surface area contributed by atoms with Crippen molar-refractivity contribution in [3.8, 4) is 0 Å². The quantitative estimate of drug-likeness (QED) is 0.0166. The van der Waals surface area contributed by atoms with E-state index in [1.165, 1.54) is 50.0 Å². The van der Waals surface area contributed by atoms with Crippen LogP contribution in [0.15, 0.2) is 42.9 Å². The first-order valence-electron chi connectivity index (χ1n) is 49.5. The van der Waals surface area contributed by atoms with E-state index in [0.717, 1.165) is 39.5 Å². The van der Waals surface area contributed by atoms with Crippen molar-refractivity contribution in [2.75, 3.05) is 59.1 Å². The van der Waals surface area contributed by atoms with Crippen LogP contribution in [0.3, 0.4) is 0 Å². The predicted octanol–water partition coefficient (Wildman–Crippen LogP) is -11.5. The van der Waals surface area contributed by atoms with Gasteiger partial charge in [-0.25, -0.2) is 4.98 Å². The minimum Gasteiger partial charge on any atom is -0.481 e. The maximum Gasteiger partial charge on any atom is 0.305 e. The topological polar surface area (TPSA) is 858 Å². The fraction of sp³-hybridized carbons (Fsp3) is 0.667. The number of H-pyrrole nitrogens is 1. The molecular weight excluding hydrogens is 1980 g/mol. The Morgan fingerprint density at radius 2 is 1.03 bits per heavy atom. The lowest BCUT2D eigenvalue weighted by atomic mass is 9.94. The van der Waals surface area contributed by atoms with Crippen LogP contribution >= 0.6 is 0 Å². The zero-order valence-electron chi connectivity index (χ0n) is 84.9. The van der Waals surface area contributed by atoms with Crippen molar-refractivity contribution in [3.63, 3.8) is 0 Å². The number of carbonyl (C=O) groups excluding carboxylic acids is 19. The number of aliphatic carboxylic acids is 2. The number of imidazole rings is 1. The van der Waals surface area contributed by atoms with Gasteiger partial charge in [-0.3, -0.25) is 101 Å². The van der Waals surface area contributed by atoms with Gasteiger partial charge in [0, 0.05) is 84.9 Å². The molecule has 2 aromatic rings. The highest BCUT2D eigenvalue weighted by Gasteiger charge is 2.54. The number of Topliss-reactive ketones (excluding diaryl/α,β-unsaturated/α-hetero) is 1. The average molecular weight is 2130 g/mol. The molecular formula is C93H143N23O34. The molecule has 1 aromatic carbocycles. The number of nitrogens with one attached hydrogen (secondary N) is 18. The second-order valence-corrected chi connectivity index (χ2v) is 37.6. The number of guanidine groups is 1. The molecule has 5 fully saturated rings. The van der Waals surface area contributed by atoms with Crippen LogP contribution in [-0.2, 0) is 132 Å². The molecule has 20 unspecified atom stereocenters. The van der Waals surface area contributed by atoms with Crippen molar-refractivity contribution in [1.82, 2.24) is 110 Å². The SMILES string of the molecule is CCNC(=O)C1CCCN1C(=O)C(C)NC(=O)C1CCCN1C(=O)C(CCCNC(=N)N)NC(=O)C(NC(=O)C(CC(=O)O)NC(=O)C1CCCN1C(=O)C(C)NC(=O)C(CO)NC(=O)C(NC(=O)C(NC(=O)CNC(=O)C(Cc1c[nH]cn1)NC(=O)C(CCC(=O)O)NC(=O)C(Cc1ccccc1)NC(=O)CCCC(C)=O)C(C)C)C(C)O[C@H]1O[C@H](CO)[C@@H](O)C(O[C@H]2O[C@H](CO)[C@@H](O)C(O)C2NC(C)=O)C1NC(C)=O)C(C)O. The Kier molecular flexibility index (Phi) is 49.0. The number of carboxylic acid groups (broad SMARTS) is 2. The average Bonchev–Trinajstić information content (AvgIpc) is 0.885. The number of carboxylic acids is 2. The van der Waals surface area contributed by atoms with Crippen LogP contribution in [0.25, 0.3) is 0 Å². The number of amides is 18. The van der Waals surface area contributed by atoms with Crippen LogP contribution in [0.2, 0.25) is 0 Å². The van der Waals surface area contributed by atoms with Crippen molar-refractivity contribution < 1.29 is 166 Å². The van der Waals surface area contributed by atoms with Gasteiger partial charge in [-0.2, -0.15) is 0 Å². The Bertz CT molecular complexity index is 5030. The van der Waals surface area contributed by atoms with E-state index in [9.17, 15) is 137 Å². The summed E-state index contributed by atoms with van der Waals surface area (Å²) in [5.74, 6) is -22.9. The molecule has 5 aliphatic heterocycles. The van der Waals surface area contributed by atoms with Gasteiger partial charge in [-0.1, -0.05) is 44.2 Å². The van der Waals surface area contributed by atoms with E-state index in [2.05, 4.69) is 95.0 Å². The molecule has 57 heteroatoms. The molecule has 6 heterocycles. The molecule has 29 N–H and O–H groups in total. The zero-order valence-corrected chi connectivity index (χ0v) is 84.9. The number of aromatic nitrogens is 2. The lowest BCUT2D eigenvalue weighted by Crippen LogP contribution is -2.70. The van der Waals surface area contributed by atoms with Crippen molar-refractivity contribution in [2.45, 2.75) is 330 Å². The van der Waals surface area contributed by atoms with Crippen molar-refractivity contribution in [1.29, 1.82) is 5.41 Å². The summed E-state index contributed by atoms with van der Waals surface area (Å²) in [4.78, 5) is 301. The highest BCUT2D eigenvalue weighted by molar-refractivity contribution is 6.02. The first-order chi connectivity index (χ1) is 70.9. The number of benzene rings is 1. The van der Waals surface area contributed by atoms with E-state index in [4.69, 9.17) is 30.1 Å². The maximum atomic E-state index is 15.3. The summed E-state index contributed by atoms with van der Waals surface area (Å²) >= 11 is 0. The van der Waals surface area contributed by atoms with Gasteiger partial charge in [-0.15, -0.1) is 0 Å². The Morgan fingerprint density at radius 3 is 1.58 bits per heavy atom. The number of carbonyl (C=O) groups is 21. The van der Waals surface area contributed by atoms with Gasteiger partial charge < -0.3 is 180 Å². The number of likely N-dealkylation sites (N-methyl/N-ethyl adjacent to an activating group) is 1. The number of ketones is 1. The fourth-order valence-corrected chi connectivity index (χ4v) is 17.6. The van der Waals surface area contributed by atoms with Gasteiger partial charge in [0.05, 0.1) is 57.0 Å². The molecule has 5 aliphatic rings. The summed E-state index contributed by atoms with van der Waals surface area (Å²) in [6.45, 7) is 8.30. The third kappa shape index (κ3) is 36.6. The third-order valence-electron chi connectivity index (χ3n) is 25.4. The summed E-state index contributed by atoms with van der Waals surface area (Å²) in [7, 11) is 0. The van der Waals surface area contributed by atoms with E-state index in [0.29, 0.717) is 24.9 Å². The number of hydrogen-bond acceptors (Lipinski definition) is 34. The van der Waals surface area contributed by atoms with E-state index >= 15 is 9.59 Å². The van der Waals surface area contributed by atoms with Crippen LogP contribution in [0.4, 0.5) is 0 Å². The Morgan fingerprint density at radius 1 is 0.507 bits per heavy atom. The number of aromatic amines is 1. The summed E-state index contributed by atoms with van der Waals surface area (Å²) in [6, 6.07) is -18.3. The number of nitrogens with two attached hydrogens (primary N) is 1. The summed E-state index contributed by atoms with van der Waals surface area (Å²) in [5, 5.41) is 143. The third-order valence-corrected chi connectivity index (χ3v) is 25.4. The van der Waals surface area contributed by atoms with Crippen molar-refractivity contribution in [3.05, 3.63) is 54.1 Å². The molecule has 1 aromatic heterocycles. The van der Waals surface area contributed by atoms with Gasteiger partial charge in [0.15, 0.2) is 18.5 Å². The van der Waals surface area contributed by atoms with Crippen LogP contribution in [0.1, 0.15) is 170 Å². The summed E-state index contributed by atoms with van der Waals surface area (Å²) in [6.07, 6.45) is -18.6. The Hall–Kier alpha value is -13.7. The molecule has 26 atom stereocenters. The Balaban J connectivity index is 1.11. The highest BCUT2D eigenvalue weighted by Crippen LogP contribution is 2.32. The lowest BCUT2D eigenvalue weighted by molar-refractivity contribution is -0.332. The largest absolute Gasteiger partial charge is 0.481 e. The monoisotopic (exact) mass is 2130 g/mol. The smallest absolute Gasteiger partial charge is 0.305 e. The first-order valence-corrected chi connectivity index (χ1v) is 49.5. The van der Waals surface area contributed by atoms with Crippen LogP contribution in [0.5, 0.6) is 0 Å². The highest BCUT2D eigenvalue weighted by atomic mass is 16.7. The number of likely N-dealkylation sites (tertiary alicyclic amines) is 3. The van der Waals surface area contributed by atoms with Crippen LogP contribution in [0, 0.1) is 11.3 Å². The minimum absolute atomic E-state index is 0.0212. The van der Waals surface area contributed by atoms with Gasteiger partial charge >= 0.3 is 11.9 Å². The summed E-state index contributed by atoms with van der Waals surface area (Å²) in [5.41, 5.74) is 6.19. The molecule has 0 saturated carbocycles. The number of rotatable bonds is 57. The van der Waals surface area contributed by atoms with Crippen molar-refractivity contribution >= 4 is 130 Å². The van der Waals surface area contributed by atoms with Crippen molar-refractivity contribution in [2.24, 2.45) is 11.7 Å². The Labute approximate surface area is 862 Å². The standard InChI is InChI=1S/C93H143N23O34/c1-11-97-82(138)59-24-17-31-114(59)89(145)46(6)102-83(139)60-25-19-33-116(60)90(146)54(23-16-30-98-93(94)95)107-86(142)69(47(7)121)112-80(136)57(36-67(128)129)109-84(140)61-26-18-32-115(61)88(144)45(5)101-81(137)58(39-117)110-87(143)70(48(8)147-92-72(104-50(10)123)76(74(131)63(41-119)149-92)150-91-71(103-49(9)122)75(132)73(130)62(40-118)148-91)113-85(141)68(43(2)3)111-65(125)38-99-77(133)56(35-52-37-96-42-100-52)108-78(134)53(28-29-66(126)127)106-79(135)55(34-51-21-13-12-14-22-51)105-64(124)27-15-20-44(4)120/h12-14,21-22,37,42-43,45-48,53-63,68-76,91-92,117-119,121,130-132H,11,15-20,23-36,38-41H2,1-10H3,(H,96,100)(H,97,138)(H,99,133)(H,101,137)(H,102,139)(H,103,122)(H,104,123)(H,105,124)(H,106,135)(H,107,142)(H,108,134)(H,109,140)(H,110,143)(H,111,125)(H,112,136)(H,113,141)(H,126,127)(H,128,129)(H4,94,95,98)/t45?,46?,47?,48?,53?,54?,55?,56?,57?,58?,59?,60?,61?,62-,63-,68?,69?,70?,71?,72?,73-,74-,75?,76?,91-,92+/m1/s1. The summed E-state index contributed by atoms with van der Waals surface area (Å²) < 4.78 is 24.3. The second kappa shape index (κ2) is 59.7. The van der Waals surface area contributed by atoms with E-state index in [1.807, 2.05) is 0 Å². The minimum atomic E-state index is -2.26. The predicted molar refractivity (Wildman–Crippen MR) is 517 cm³/mol. The van der Waals surface area contributed by atoms with Gasteiger partial charge in [0.1, 0.15) is 139 Å². The molecule has 57 nitrogen and oxygen atoms in total. The van der Waals surface area contributed by atoms with E-state index in [1.54, 1.807) is 37.3 Å². The number of ether oxygens (including phenoxy) is 4. The number of aliphatic hydroxyl groups excluding tert-OH is 7. The van der Waals surface area contributed by atoms with E-state index < -0.39 is 334 Å². The number of aliphatic hydroxyl groups is 7. The molecule has 0 radical (unpaired) electrons.